The molecule has 2 aliphatic rings. The van der Waals surface area contributed by atoms with Crippen molar-refractivity contribution in [3.05, 3.63) is 47.4 Å². The van der Waals surface area contributed by atoms with Gasteiger partial charge in [-0.15, -0.1) is 11.3 Å². The number of nitrogens with one attached hydrogen (secondary N) is 1. The number of quaternary nitrogens is 1. The maximum Gasteiger partial charge on any atom is 0.264 e. The molecule has 138 valence electrons. The van der Waals surface area contributed by atoms with E-state index in [0.717, 1.165) is 37.4 Å². The van der Waals surface area contributed by atoms with Crippen molar-refractivity contribution in [1.29, 1.82) is 0 Å². The first kappa shape index (κ1) is 17.7. The fraction of sp³-hybridized carbons (Fsp3) is 0.500. The first-order valence-corrected chi connectivity index (χ1v) is 10.9. The molecule has 1 N–H and O–H groups in total. The highest BCUT2D eigenvalue weighted by Gasteiger charge is 2.24. The van der Waals surface area contributed by atoms with Gasteiger partial charge in [-0.05, 0) is 42.7 Å². The monoisotopic (exact) mass is 369 g/mol. The molecular weight excluding hydrogens is 340 g/mol. The Hall–Kier alpha value is -1.65. The van der Waals surface area contributed by atoms with Crippen molar-refractivity contribution >= 4 is 27.3 Å². The Morgan fingerprint density at radius 2 is 2.04 bits per heavy atom. The Morgan fingerprint density at radius 3 is 2.81 bits per heavy atom. The number of hydrogen-bond donors (Lipinski definition) is 1. The summed E-state index contributed by atoms with van der Waals surface area (Å²) in [6.07, 6.45) is 10.7. The normalized spacial score (nSPS) is 20.7. The maximum atomic E-state index is 13.3. The molecular formula is C22H29N2OS+. The molecule has 0 unspecified atom stereocenters. The number of carbonyl (C=O) groups is 1. The molecule has 0 radical (unpaired) electrons. The van der Waals surface area contributed by atoms with Crippen LogP contribution in [0.2, 0.25) is 0 Å². The van der Waals surface area contributed by atoms with Crippen molar-refractivity contribution in [3.63, 3.8) is 0 Å². The van der Waals surface area contributed by atoms with Crippen LogP contribution < -0.4 is 4.90 Å². The Morgan fingerprint density at radius 1 is 1.19 bits per heavy atom. The fourth-order valence-electron chi connectivity index (χ4n) is 4.27. The summed E-state index contributed by atoms with van der Waals surface area (Å²) in [4.78, 5) is 18.0. The van der Waals surface area contributed by atoms with Crippen molar-refractivity contribution in [1.82, 2.24) is 4.90 Å². The molecule has 0 saturated carbocycles. The summed E-state index contributed by atoms with van der Waals surface area (Å²) < 4.78 is 1.21. The van der Waals surface area contributed by atoms with E-state index in [-0.39, 0.29) is 5.91 Å². The van der Waals surface area contributed by atoms with Gasteiger partial charge in [0.25, 0.3) is 5.91 Å². The molecule has 4 heteroatoms. The van der Waals surface area contributed by atoms with Gasteiger partial charge in [0.2, 0.25) is 0 Å². The number of rotatable bonds is 6. The van der Waals surface area contributed by atoms with E-state index in [1.54, 1.807) is 16.2 Å². The van der Waals surface area contributed by atoms with E-state index in [2.05, 4.69) is 41.3 Å². The summed E-state index contributed by atoms with van der Waals surface area (Å²) in [5.74, 6) is 0.853. The molecule has 26 heavy (non-hydrogen) atoms. The molecule has 4 rings (SSSR count). The summed E-state index contributed by atoms with van der Waals surface area (Å²) >= 11 is 1.64. The summed E-state index contributed by atoms with van der Waals surface area (Å²) in [6, 6.07) is 10.4. The molecule has 2 heterocycles. The van der Waals surface area contributed by atoms with Crippen LogP contribution in [0.4, 0.5) is 0 Å². The van der Waals surface area contributed by atoms with E-state index in [1.165, 1.54) is 42.4 Å². The van der Waals surface area contributed by atoms with Gasteiger partial charge in [-0.1, -0.05) is 30.4 Å². The second-order valence-corrected chi connectivity index (χ2v) is 8.84. The van der Waals surface area contributed by atoms with Gasteiger partial charge < -0.3 is 9.80 Å². The van der Waals surface area contributed by atoms with Gasteiger partial charge in [-0.25, -0.2) is 0 Å². The molecule has 1 aliphatic carbocycles. The smallest absolute Gasteiger partial charge is 0.264 e. The highest BCUT2D eigenvalue weighted by Crippen LogP contribution is 2.27. The molecule has 1 atom stereocenters. The number of hydrogen-bond acceptors (Lipinski definition) is 2. The average molecular weight is 370 g/mol. The average Bonchev–Trinajstić information content (AvgIpc) is 3.34. The largest absolute Gasteiger partial charge is 0.333 e. The number of thiophene rings is 1. The summed E-state index contributed by atoms with van der Waals surface area (Å²) in [7, 11) is 0. The van der Waals surface area contributed by atoms with Gasteiger partial charge in [0.15, 0.2) is 0 Å². The van der Waals surface area contributed by atoms with Crippen molar-refractivity contribution in [3.8, 4) is 0 Å². The highest BCUT2D eigenvalue weighted by atomic mass is 32.1. The minimum Gasteiger partial charge on any atom is -0.333 e. The predicted octanol–water partition coefficient (Wildman–Crippen LogP) is 3.38. The fourth-order valence-corrected chi connectivity index (χ4v) is 5.30. The molecule has 0 spiro atoms. The Balaban J connectivity index is 1.49. The third-order valence-corrected chi connectivity index (χ3v) is 6.93. The van der Waals surface area contributed by atoms with Crippen molar-refractivity contribution in [2.24, 2.45) is 5.92 Å². The van der Waals surface area contributed by atoms with Crippen LogP contribution in [-0.2, 0) is 0 Å². The van der Waals surface area contributed by atoms with Crippen LogP contribution in [-0.4, -0.2) is 43.5 Å². The van der Waals surface area contributed by atoms with Gasteiger partial charge in [0.05, 0.1) is 31.1 Å². The zero-order chi connectivity index (χ0) is 17.8. The Labute approximate surface area is 160 Å². The van der Waals surface area contributed by atoms with Gasteiger partial charge in [0, 0.05) is 24.1 Å². The van der Waals surface area contributed by atoms with E-state index in [1.807, 2.05) is 6.07 Å². The summed E-state index contributed by atoms with van der Waals surface area (Å²) in [5.41, 5.74) is 0. The number of allylic oxidation sites excluding steroid dienone is 2. The quantitative estimate of drug-likeness (QED) is 0.776. The van der Waals surface area contributed by atoms with Gasteiger partial charge in [0.1, 0.15) is 0 Å². The number of amides is 1. The molecule has 1 aromatic heterocycles. The summed E-state index contributed by atoms with van der Waals surface area (Å²) in [5, 5.41) is 1.19. The summed E-state index contributed by atoms with van der Waals surface area (Å²) in [6.45, 7) is 5.45. The van der Waals surface area contributed by atoms with E-state index < -0.39 is 0 Å². The Bertz CT molecular complexity index is 742. The van der Waals surface area contributed by atoms with Crippen LogP contribution in [0.1, 0.15) is 41.8 Å². The molecule has 2 aromatic rings. The zero-order valence-corrected chi connectivity index (χ0v) is 16.3. The number of carbonyl (C=O) groups excluding carboxylic acids is 1. The number of nitrogens with zero attached hydrogens (tertiary/aromatic N) is 1. The lowest BCUT2D eigenvalue weighted by Gasteiger charge is -2.28. The lowest BCUT2D eigenvalue weighted by molar-refractivity contribution is -0.886. The van der Waals surface area contributed by atoms with Crippen LogP contribution in [0.5, 0.6) is 0 Å². The number of fused-ring (bicyclic) bond motifs is 1. The number of likely N-dealkylation sites (tertiary alicyclic amines) is 1. The second-order valence-electron chi connectivity index (χ2n) is 7.76. The molecule has 1 saturated heterocycles. The van der Waals surface area contributed by atoms with E-state index in [9.17, 15) is 4.79 Å². The van der Waals surface area contributed by atoms with Crippen LogP contribution in [0, 0.1) is 5.92 Å². The van der Waals surface area contributed by atoms with Gasteiger partial charge >= 0.3 is 0 Å². The molecule has 1 aliphatic heterocycles. The van der Waals surface area contributed by atoms with Crippen molar-refractivity contribution in [2.45, 2.75) is 32.1 Å². The third-order valence-electron chi connectivity index (χ3n) is 5.83. The topological polar surface area (TPSA) is 24.8 Å². The highest BCUT2D eigenvalue weighted by molar-refractivity contribution is 7.20. The van der Waals surface area contributed by atoms with Crippen molar-refractivity contribution in [2.75, 3.05) is 32.7 Å². The minimum atomic E-state index is 0.236. The minimum absolute atomic E-state index is 0.236. The van der Waals surface area contributed by atoms with E-state index in [4.69, 9.17) is 0 Å². The third kappa shape index (κ3) is 4.18. The zero-order valence-electron chi connectivity index (χ0n) is 15.5. The van der Waals surface area contributed by atoms with E-state index in [0.29, 0.717) is 5.92 Å². The standard InChI is InChI=1S/C22H28N2OS/c25-22(21-16-19-10-4-5-11-20(19)26-21)24(15-14-23-12-6-7-13-23)17-18-8-2-1-3-9-18/h1-2,4-5,10-11,16,18H,3,6-9,12-15,17H2/p+1/t18-/m1/s1. The van der Waals surface area contributed by atoms with Crippen LogP contribution in [0.15, 0.2) is 42.5 Å². The van der Waals surface area contributed by atoms with Crippen molar-refractivity contribution < 1.29 is 9.69 Å². The first-order valence-electron chi connectivity index (χ1n) is 10.1. The number of benzene rings is 1. The lowest BCUT2D eigenvalue weighted by Crippen LogP contribution is -3.10. The molecule has 0 bridgehead atoms. The SMILES string of the molecule is O=C(c1cc2ccccc2s1)N(CC[NH+]1CCCC1)C[C@@H]1CC=CCC1. The first-order chi connectivity index (χ1) is 12.8. The lowest BCUT2D eigenvalue weighted by atomic mass is 9.94. The maximum absolute atomic E-state index is 13.3. The predicted molar refractivity (Wildman–Crippen MR) is 109 cm³/mol. The van der Waals surface area contributed by atoms with E-state index >= 15 is 0 Å². The van der Waals surface area contributed by atoms with Crippen LogP contribution in [0.25, 0.3) is 10.1 Å². The van der Waals surface area contributed by atoms with Crippen LogP contribution >= 0.6 is 11.3 Å². The van der Waals surface area contributed by atoms with Gasteiger partial charge in [-0.3, -0.25) is 4.79 Å². The van der Waals surface area contributed by atoms with Crippen LogP contribution in [0.3, 0.4) is 0 Å². The second kappa shape index (κ2) is 8.36. The molecule has 1 amide bonds. The molecule has 3 nitrogen and oxygen atoms in total. The Kier molecular flexibility index (Phi) is 5.71. The molecule has 1 fully saturated rings. The molecule has 1 aromatic carbocycles. The van der Waals surface area contributed by atoms with Gasteiger partial charge in [-0.2, -0.15) is 0 Å².